The molecule has 0 saturated heterocycles. The van der Waals surface area contributed by atoms with Gasteiger partial charge in [0, 0.05) is 5.56 Å². The fraction of sp³-hybridized carbons (Fsp3) is 0.222. The van der Waals surface area contributed by atoms with Crippen LogP contribution in [-0.4, -0.2) is 26.7 Å². The number of rotatable bonds is 7. The number of ether oxygens (including phenoxy) is 1. The number of benzene rings is 2. The minimum atomic E-state index is -5.04. The molecule has 11 heteroatoms. The molecule has 0 saturated carbocycles. The van der Waals surface area contributed by atoms with Gasteiger partial charge in [0.25, 0.3) is 0 Å². The number of phosphoric acid groups is 2. The molecule has 158 valence electrons. The first-order valence-corrected chi connectivity index (χ1v) is 11.3. The SMILES string of the molecule is COc1cc(/C=C\c2ccc(C)c(OP(=O)(O)O)c2OP(=O)(O)O)cc(C)c1C. The number of phosphoric ester groups is 2. The lowest BCUT2D eigenvalue weighted by molar-refractivity contribution is 0.263. The van der Waals surface area contributed by atoms with Gasteiger partial charge in [0.2, 0.25) is 0 Å². The fourth-order valence-corrected chi connectivity index (χ4v) is 3.49. The second kappa shape index (κ2) is 8.71. The number of hydrogen-bond donors (Lipinski definition) is 4. The maximum Gasteiger partial charge on any atom is 0.524 e. The predicted octanol–water partition coefficient (Wildman–Crippen LogP) is 3.73. The zero-order valence-corrected chi connectivity index (χ0v) is 18.0. The number of methoxy groups -OCH3 is 1. The van der Waals surface area contributed by atoms with Gasteiger partial charge < -0.3 is 13.8 Å². The van der Waals surface area contributed by atoms with Crippen molar-refractivity contribution >= 4 is 27.8 Å². The summed E-state index contributed by atoms with van der Waals surface area (Å²) in [5.74, 6) is -0.263. The van der Waals surface area contributed by atoms with Crippen molar-refractivity contribution in [2.45, 2.75) is 20.8 Å². The highest BCUT2D eigenvalue weighted by Gasteiger charge is 2.27. The Morgan fingerprint density at radius 3 is 1.97 bits per heavy atom. The Morgan fingerprint density at radius 2 is 1.41 bits per heavy atom. The van der Waals surface area contributed by atoms with Crippen molar-refractivity contribution in [1.82, 2.24) is 0 Å². The third-order valence-electron chi connectivity index (χ3n) is 4.08. The standard InChI is InChI=1S/C18H22O9P2/c1-11-5-7-15(8-6-14-9-12(2)13(3)16(10-14)25-4)18(27-29(22,23)24)17(11)26-28(19,20)21/h5-10H,1-4H3,(H2,19,20,21)(H2,22,23,24)/b8-6-. The van der Waals surface area contributed by atoms with Crippen molar-refractivity contribution in [3.05, 3.63) is 52.1 Å². The molecule has 4 N–H and O–H groups in total. The van der Waals surface area contributed by atoms with E-state index in [1.165, 1.54) is 25.1 Å². The first-order valence-electron chi connectivity index (χ1n) is 8.28. The minimum Gasteiger partial charge on any atom is -0.496 e. The summed E-state index contributed by atoms with van der Waals surface area (Å²) < 4.78 is 37.3. The summed E-state index contributed by atoms with van der Waals surface area (Å²) in [6, 6.07) is 6.64. The van der Waals surface area contributed by atoms with Crippen molar-refractivity contribution in [2.24, 2.45) is 0 Å². The molecule has 2 rings (SSSR count). The van der Waals surface area contributed by atoms with Crippen molar-refractivity contribution in [3.8, 4) is 17.2 Å². The molecule has 9 nitrogen and oxygen atoms in total. The predicted molar refractivity (Wildman–Crippen MR) is 108 cm³/mol. The fourth-order valence-electron chi connectivity index (χ4n) is 2.60. The molecule has 29 heavy (non-hydrogen) atoms. The van der Waals surface area contributed by atoms with Gasteiger partial charge in [0.1, 0.15) is 5.75 Å². The van der Waals surface area contributed by atoms with E-state index < -0.39 is 27.1 Å². The van der Waals surface area contributed by atoms with Crippen LogP contribution in [0.2, 0.25) is 0 Å². The topological polar surface area (TPSA) is 143 Å². The molecule has 0 unspecified atom stereocenters. The third kappa shape index (κ3) is 6.44. The van der Waals surface area contributed by atoms with Crippen molar-refractivity contribution < 1.29 is 42.5 Å². The zero-order chi connectivity index (χ0) is 22.0. The molecule has 0 spiro atoms. The van der Waals surface area contributed by atoms with E-state index in [-0.39, 0.29) is 11.1 Å². The molecule has 0 aliphatic rings. The van der Waals surface area contributed by atoms with E-state index in [0.717, 1.165) is 16.7 Å². The second-order valence-electron chi connectivity index (χ2n) is 6.29. The van der Waals surface area contributed by atoms with Crippen molar-refractivity contribution in [2.75, 3.05) is 7.11 Å². The number of hydrogen-bond acceptors (Lipinski definition) is 5. The first-order chi connectivity index (χ1) is 13.3. The van der Waals surface area contributed by atoms with Crippen LogP contribution in [0.3, 0.4) is 0 Å². The van der Waals surface area contributed by atoms with Gasteiger partial charge in [-0.3, -0.25) is 19.6 Å². The minimum absolute atomic E-state index is 0.152. The maximum absolute atomic E-state index is 11.4. The Morgan fingerprint density at radius 1 is 0.828 bits per heavy atom. The summed E-state index contributed by atoms with van der Waals surface area (Å²) in [6.07, 6.45) is 3.13. The largest absolute Gasteiger partial charge is 0.524 e. The molecule has 2 aromatic carbocycles. The van der Waals surface area contributed by atoms with E-state index in [1.807, 2.05) is 19.9 Å². The Labute approximate surface area is 168 Å². The summed E-state index contributed by atoms with van der Waals surface area (Å²) in [5, 5.41) is 0. The Hall–Kier alpha value is -2.12. The van der Waals surface area contributed by atoms with Crippen LogP contribution in [0.15, 0.2) is 24.3 Å². The molecule has 0 fully saturated rings. The molecule has 0 aromatic heterocycles. The van der Waals surface area contributed by atoms with E-state index in [9.17, 15) is 18.9 Å². The van der Waals surface area contributed by atoms with Gasteiger partial charge in [0.15, 0.2) is 11.5 Å². The molecule has 0 aliphatic carbocycles. The van der Waals surface area contributed by atoms with Crippen LogP contribution in [0.4, 0.5) is 0 Å². The molecule has 0 bridgehead atoms. The summed E-state index contributed by atoms with van der Waals surface area (Å²) >= 11 is 0. The average molecular weight is 444 g/mol. The lowest BCUT2D eigenvalue weighted by Crippen LogP contribution is -2.00. The van der Waals surface area contributed by atoms with E-state index in [0.29, 0.717) is 5.75 Å². The van der Waals surface area contributed by atoms with Crippen LogP contribution in [-0.2, 0) is 9.13 Å². The summed E-state index contributed by atoms with van der Waals surface area (Å²) in [6.45, 7) is 5.29. The van der Waals surface area contributed by atoms with Crippen LogP contribution in [0.5, 0.6) is 17.2 Å². The van der Waals surface area contributed by atoms with Gasteiger partial charge in [-0.25, -0.2) is 9.13 Å². The van der Waals surface area contributed by atoms with Crippen molar-refractivity contribution in [3.63, 3.8) is 0 Å². The summed E-state index contributed by atoms with van der Waals surface area (Å²) in [4.78, 5) is 36.7. The van der Waals surface area contributed by atoms with Gasteiger partial charge in [-0.05, 0) is 49.1 Å². The summed E-state index contributed by atoms with van der Waals surface area (Å²) in [7, 11) is -8.49. The van der Waals surface area contributed by atoms with E-state index in [4.69, 9.17) is 14.5 Å². The van der Waals surface area contributed by atoms with Gasteiger partial charge in [0.05, 0.1) is 7.11 Å². The van der Waals surface area contributed by atoms with Crippen LogP contribution < -0.4 is 13.8 Å². The zero-order valence-electron chi connectivity index (χ0n) is 16.2. The monoisotopic (exact) mass is 444 g/mol. The Balaban J connectivity index is 2.59. The van der Waals surface area contributed by atoms with Crippen LogP contribution >= 0.6 is 15.6 Å². The van der Waals surface area contributed by atoms with Crippen LogP contribution in [0.25, 0.3) is 12.2 Å². The van der Waals surface area contributed by atoms with Crippen molar-refractivity contribution in [1.29, 1.82) is 0 Å². The van der Waals surface area contributed by atoms with Gasteiger partial charge >= 0.3 is 15.6 Å². The third-order valence-corrected chi connectivity index (χ3v) is 4.92. The molecule has 0 amide bonds. The highest BCUT2D eigenvalue weighted by atomic mass is 31.2. The smallest absolute Gasteiger partial charge is 0.496 e. The Kier molecular flexibility index (Phi) is 6.96. The van der Waals surface area contributed by atoms with Gasteiger partial charge in [-0.1, -0.05) is 30.4 Å². The molecular weight excluding hydrogens is 422 g/mol. The van der Waals surface area contributed by atoms with Gasteiger partial charge in [-0.15, -0.1) is 0 Å². The first kappa shape index (κ1) is 23.2. The molecule has 0 aliphatic heterocycles. The maximum atomic E-state index is 11.4. The van der Waals surface area contributed by atoms with E-state index in [1.54, 1.807) is 19.3 Å². The van der Waals surface area contributed by atoms with E-state index in [2.05, 4.69) is 9.05 Å². The lowest BCUT2D eigenvalue weighted by Gasteiger charge is -2.17. The highest BCUT2D eigenvalue weighted by Crippen LogP contribution is 2.50. The number of aryl methyl sites for hydroxylation is 2. The molecule has 0 atom stereocenters. The van der Waals surface area contributed by atoms with Gasteiger partial charge in [-0.2, -0.15) is 0 Å². The molecule has 2 aromatic rings. The van der Waals surface area contributed by atoms with E-state index >= 15 is 0 Å². The van der Waals surface area contributed by atoms with Crippen LogP contribution in [0, 0.1) is 20.8 Å². The molecular formula is C18H22O9P2. The second-order valence-corrected chi connectivity index (χ2v) is 8.62. The highest BCUT2D eigenvalue weighted by molar-refractivity contribution is 7.47. The molecule has 0 heterocycles. The lowest BCUT2D eigenvalue weighted by atomic mass is 10.0. The summed E-state index contributed by atoms with van der Waals surface area (Å²) in [5.41, 5.74) is 3.07. The van der Waals surface area contributed by atoms with Crippen LogP contribution in [0.1, 0.15) is 27.8 Å². The Bertz CT molecular complexity index is 1030. The average Bonchev–Trinajstić information content (AvgIpc) is 2.58. The normalized spacial score (nSPS) is 12.3. The quantitative estimate of drug-likeness (QED) is 0.371. The molecule has 0 radical (unpaired) electrons.